The lowest BCUT2D eigenvalue weighted by molar-refractivity contribution is 0.0601. The first-order valence-corrected chi connectivity index (χ1v) is 7.69. The number of hydrogen-bond donors (Lipinski definition) is 0. The molecule has 0 amide bonds. The molecule has 0 aliphatic heterocycles. The minimum absolute atomic E-state index is 0.482. The van der Waals surface area contributed by atoms with Crippen LogP contribution in [0.15, 0.2) is 0 Å². The van der Waals surface area contributed by atoms with E-state index in [1.165, 1.54) is 0 Å². The van der Waals surface area contributed by atoms with E-state index in [1.807, 2.05) is 41.5 Å². The van der Waals surface area contributed by atoms with Crippen molar-refractivity contribution >= 4 is 21.8 Å². The van der Waals surface area contributed by atoms with Gasteiger partial charge in [-0.1, -0.05) is 0 Å². The number of hydrogen-bond acceptors (Lipinski definition) is 3. The van der Waals surface area contributed by atoms with E-state index in [-0.39, 0.29) is 0 Å². The summed E-state index contributed by atoms with van der Waals surface area (Å²) in [5.74, 6) is 0. The molecule has 0 saturated carbocycles. The van der Waals surface area contributed by atoms with Gasteiger partial charge in [0.1, 0.15) is 0 Å². The summed E-state index contributed by atoms with van der Waals surface area (Å²) in [6, 6.07) is 0. The molecule has 0 aromatic rings. The van der Waals surface area contributed by atoms with Crippen LogP contribution in [-0.4, -0.2) is 11.2 Å². The Morgan fingerprint density at radius 3 is 1.31 bits per heavy atom. The van der Waals surface area contributed by atoms with Crippen LogP contribution in [0.4, 0.5) is 0 Å². The van der Waals surface area contributed by atoms with Gasteiger partial charge < -0.3 is 0 Å². The lowest BCUT2D eigenvalue weighted by atomic mass is 10.2. The minimum Gasteiger partial charge on any atom is -0.295 e. The van der Waals surface area contributed by atoms with Gasteiger partial charge in [-0.15, -0.1) is 0 Å². The van der Waals surface area contributed by atoms with Gasteiger partial charge in [-0.25, -0.2) is 4.57 Å². The summed E-state index contributed by atoms with van der Waals surface area (Å²) in [7, 11) is 0. The summed E-state index contributed by atoms with van der Waals surface area (Å²) in [5, 5.41) is 0. The first-order valence-electron chi connectivity index (χ1n) is 4.13. The van der Waals surface area contributed by atoms with Crippen LogP contribution in [0.1, 0.15) is 41.5 Å². The summed E-state index contributed by atoms with van der Waals surface area (Å²) in [6.07, 6.45) is -3.12. The average molecular weight is 273 g/mol. The first kappa shape index (κ1) is 13.6. The largest absolute Gasteiger partial charge is 0.397 e. The molecule has 0 atom stereocenters. The fourth-order valence-corrected chi connectivity index (χ4v) is 4.62. The molecule has 0 radical (unpaired) electrons. The van der Waals surface area contributed by atoms with Crippen LogP contribution >= 0.6 is 21.8 Å². The molecule has 0 unspecified atom stereocenters. The lowest BCUT2D eigenvalue weighted by Gasteiger charge is -2.28. The topological polar surface area (TPSA) is 35.5 Å². The Balaban J connectivity index is 4.35. The van der Waals surface area contributed by atoms with Crippen molar-refractivity contribution in [3.63, 3.8) is 0 Å². The molecule has 0 rings (SSSR count). The predicted molar refractivity (Wildman–Crippen MR) is 58.2 cm³/mol. The fourth-order valence-electron chi connectivity index (χ4n) is 0.673. The van der Waals surface area contributed by atoms with Crippen LogP contribution in [0, 0.1) is 0 Å². The fraction of sp³-hybridized carbons (Fsp3) is 1.00. The smallest absolute Gasteiger partial charge is 0.295 e. The van der Waals surface area contributed by atoms with E-state index in [9.17, 15) is 4.57 Å². The highest BCUT2D eigenvalue weighted by atomic mass is 79.9. The zero-order valence-electron chi connectivity index (χ0n) is 9.05. The Bertz CT molecular complexity index is 194. The maximum atomic E-state index is 11.7. The molecule has 0 aromatic carbocycles. The Hall–Kier alpha value is 0.630. The Kier molecular flexibility index (Phi) is 4.21. The van der Waals surface area contributed by atoms with Gasteiger partial charge >= 0.3 is 6.30 Å². The molecule has 3 nitrogen and oxygen atoms in total. The van der Waals surface area contributed by atoms with Crippen molar-refractivity contribution in [2.24, 2.45) is 0 Å². The molecule has 80 valence electrons. The highest BCUT2D eigenvalue weighted by molar-refractivity contribution is 9.39. The van der Waals surface area contributed by atoms with E-state index >= 15 is 0 Å². The molecular formula is C8H18BrO3P. The van der Waals surface area contributed by atoms with Crippen molar-refractivity contribution in [3.8, 4) is 0 Å². The SMILES string of the molecule is CC(C)(C)OP(=O)(Br)OC(C)(C)C. The van der Waals surface area contributed by atoms with Crippen molar-refractivity contribution in [1.82, 2.24) is 0 Å². The number of rotatable bonds is 2. The van der Waals surface area contributed by atoms with Crippen LogP contribution in [-0.2, 0) is 13.6 Å². The molecular weight excluding hydrogens is 255 g/mol. The second-order valence-corrected chi connectivity index (χ2v) is 8.67. The van der Waals surface area contributed by atoms with Crippen molar-refractivity contribution in [1.29, 1.82) is 0 Å². The molecule has 0 spiro atoms. The van der Waals surface area contributed by atoms with Crippen LogP contribution < -0.4 is 0 Å². The van der Waals surface area contributed by atoms with Gasteiger partial charge in [-0.3, -0.25) is 9.05 Å². The van der Waals surface area contributed by atoms with Gasteiger partial charge in [0, 0.05) is 15.5 Å². The quantitative estimate of drug-likeness (QED) is 0.710. The molecule has 0 aliphatic carbocycles. The van der Waals surface area contributed by atoms with E-state index in [4.69, 9.17) is 9.05 Å². The Labute approximate surface area is 88.5 Å². The van der Waals surface area contributed by atoms with Crippen molar-refractivity contribution in [2.75, 3.05) is 0 Å². The second-order valence-electron chi connectivity index (χ2n) is 4.84. The summed E-state index contributed by atoms with van der Waals surface area (Å²) in [6.45, 7) is 11.0. The summed E-state index contributed by atoms with van der Waals surface area (Å²) >= 11 is 2.96. The van der Waals surface area contributed by atoms with Crippen LogP contribution in [0.2, 0.25) is 0 Å². The lowest BCUT2D eigenvalue weighted by Crippen LogP contribution is -2.21. The molecule has 0 heterocycles. The van der Waals surface area contributed by atoms with Gasteiger partial charge in [0.25, 0.3) is 0 Å². The normalized spacial score (nSPS) is 14.7. The van der Waals surface area contributed by atoms with Crippen molar-refractivity contribution in [3.05, 3.63) is 0 Å². The van der Waals surface area contributed by atoms with E-state index in [2.05, 4.69) is 15.5 Å². The molecule has 0 aromatic heterocycles. The second kappa shape index (κ2) is 4.01. The van der Waals surface area contributed by atoms with E-state index in [1.54, 1.807) is 0 Å². The standard InChI is InChI=1S/C8H18BrO3P/c1-7(2,3)11-13(9,10)12-8(4,5)6/h1-6H3. The van der Waals surface area contributed by atoms with Crippen molar-refractivity contribution < 1.29 is 13.6 Å². The third-order valence-corrected chi connectivity index (χ3v) is 3.17. The summed E-state index contributed by atoms with van der Waals surface area (Å²) < 4.78 is 22.2. The third kappa shape index (κ3) is 8.95. The van der Waals surface area contributed by atoms with Crippen LogP contribution in [0.3, 0.4) is 0 Å². The van der Waals surface area contributed by atoms with Gasteiger partial charge in [0.05, 0.1) is 11.2 Å². The molecule has 5 heteroatoms. The average Bonchev–Trinajstić information content (AvgIpc) is 1.43. The van der Waals surface area contributed by atoms with Gasteiger partial charge in [0.2, 0.25) is 0 Å². The molecule has 0 fully saturated rings. The molecule has 0 N–H and O–H groups in total. The van der Waals surface area contributed by atoms with Gasteiger partial charge in [0.15, 0.2) is 0 Å². The molecule has 0 bridgehead atoms. The number of halogens is 1. The van der Waals surface area contributed by atoms with Gasteiger partial charge in [-0.2, -0.15) is 0 Å². The third-order valence-electron chi connectivity index (χ3n) is 0.766. The monoisotopic (exact) mass is 272 g/mol. The van der Waals surface area contributed by atoms with Crippen molar-refractivity contribution in [2.45, 2.75) is 52.7 Å². The Morgan fingerprint density at radius 1 is 0.923 bits per heavy atom. The van der Waals surface area contributed by atoms with E-state index < -0.39 is 17.5 Å². The zero-order valence-corrected chi connectivity index (χ0v) is 11.5. The Morgan fingerprint density at radius 2 is 1.15 bits per heavy atom. The minimum atomic E-state index is -3.12. The first-order chi connectivity index (χ1) is 5.41. The maximum Gasteiger partial charge on any atom is 0.397 e. The highest BCUT2D eigenvalue weighted by Crippen LogP contribution is 2.60. The summed E-state index contributed by atoms with van der Waals surface area (Å²) in [4.78, 5) is 0. The summed E-state index contributed by atoms with van der Waals surface area (Å²) in [5.41, 5.74) is -0.964. The molecule has 0 saturated heterocycles. The zero-order chi connectivity index (χ0) is 10.9. The van der Waals surface area contributed by atoms with E-state index in [0.717, 1.165) is 0 Å². The van der Waals surface area contributed by atoms with E-state index in [0.29, 0.717) is 0 Å². The maximum absolute atomic E-state index is 11.7. The van der Waals surface area contributed by atoms with Crippen LogP contribution in [0.25, 0.3) is 0 Å². The molecule has 13 heavy (non-hydrogen) atoms. The van der Waals surface area contributed by atoms with Crippen LogP contribution in [0.5, 0.6) is 0 Å². The van der Waals surface area contributed by atoms with Gasteiger partial charge in [-0.05, 0) is 41.5 Å². The predicted octanol–water partition coefficient (Wildman–Crippen LogP) is 4.12. The highest BCUT2D eigenvalue weighted by Gasteiger charge is 2.32. The molecule has 0 aliphatic rings.